The zero-order valence-electron chi connectivity index (χ0n) is 23.0. The Morgan fingerprint density at radius 1 is 1.03 bits per heavy atom. The second kappa shape index (κ2) is 11.2. The number of rotatable bonds is 6. The molecule has 2 saturated heterocycles. The molecule has 0 spiro atoms. The average molecular weight is 561 g/mol. The number of benzene rings is 2. The van der Waals surface area contributed by atoms with Gasteiger partial charge in [0.05, 0.1) is 22.5 Å². The monoisotopic (exact) mass is 560 g/mol. The van der Waals surface area contributed by atoms with Crippen LogP contribution in [-0.4, -0.2) is 61.0 Å². The lowest BCUT2D eigenvalue weighted by molar-refractivity contribution is -0.132. The van der Waals surface area contributed by atoms with E-state index in [1.165, 1.54) is 0 Å². The maximum Gasteiger partial charge on any atom is 0.226 e. The van der Waals surface area contributed by atoms with Gasteiger partial charge >= 0.3 is 0 Å². The summed E-state index contributed by atoms with van der Waals surface area (Å²) < 4.78 is 24.6. The van der Waals surface area contributed by atoms with Gasteiger partial charge in [0, 0.05) is 36.9 Å². The minimum Gasteiger partial charge on any atom is -0.385 e. The van der Waals surface area contributed by atoms with Crippen molar-refractivity contribution < 1.29 is 18.3 Å². The number of aliphatic hydroxyl groups is 1. The summed E-state index contributed by atoms with van der Waals surface area (Å²) in [6.45, 7) is 10.0. The van der Waals surface area contributed by atoms with Crippen LogP contribution in [0.25, 0.3) is 0 Å². The topological polar surface area (TPSA) is 77.9 Å². The third-order valence-corrected chi connectivity index (χ3v) is 11.4. The van der Waals surface area contributed by atoms with Crippen LogP contribution < -0.4 is 4.90 Å². The van der Waals surface area contributed by atoms with Gasteiger partial charge in [0.25, 0.3) is 0 Å². The summed E-state index contributed by atoms with van der Waals surface area (Å²) in [6.07, 6.45) is 2.34. The lowest BCUT2D eigenvalue weighted by Crippen LogP contribution is -2.46. The molecule has 0 aliphatic carbocycles. The lowest BCUT2D eigenvalue weighted by atomic mass is 9.84. The third kappa shape index (κ3) is 6.54. The fourth-order valence-electron chi connectivity index (χ4n) is 5.49. The summed E-state index contributed by atoms with van der Waals surface area (Å²) in [5, 5.41) is 11.8. The Balaban J connectivity index is 1.29. The van der Waals surface area contributed by atoms with Gasteiger partial charge in [-0.15, -0.1) is 0 Å². The molecule has 2 aromatic rings. The van der Waals surface area contributed by atoms with Gasteiger partial charge in [-0.2, -0.15) is 0 Å². The molecule has 2 unspecified atom stereocenters. The van der Waals surface area contributed by atoms with E-state index in [4.69, 9.17) is 11.6 Å². The van der Waals surface area contributed by atoms with Crippen molar-refractivity contribution >= 4 is 33.0 Å². The van der Waals surface area contributed by atoms with E-state index in [1.807, 2.05) is 41.3 Å². The molecule has 2 atom stereocenters. The van der Waals surface area contributed by atoms with Gasteiger partial charge < -0.3 is 14.9 Å². The van der Waals surface area contributed by atoms with Crippen molar-refractivity contribution in [3.63, 3.8) is 0 Å². The zero-order chi connectivity index (χ0) is 27.7. The maximum absolute atomic E-state index is 13.0. The highest BCUT2D eigenvalue weighted by molar-refractivity contribution is 7.92. The first-order chi connectivity index (χ1) is 17.8. The highest BCUT2D eigenvalue weighted by Gasteiger charge is 2.37. The SMILES string of the molecule is CC1CN(C(=O)Cc2ccc(N3CCC(O)(c4ccc(Cl)cc4)CC3)cc2)CCC1CS(=O)(=O)C(C)(C)C. The number of hydrogen-bond donors (Lipinski definition) is 1. The fraction of sp³-hybridized carbons (Fsp3) is 0.567. The van der Waals surface area contributed by atoms with Crippen molar-refractivity contribution in [1.29, 1.82) is 0 Å². The van der Waals surface area contributed by atoms with Crippen LogP contribution in [0.5, 0.6) is 0 Å². The van der Waals surface area contributed by atoms with E-state index >= 15 is 0 Å². The van der Waals surface area contributed by atoms with E-state index < -0.39 is 20.2 Å². The number of piperidine rings is 2. The Kier molecular flexibility index (Phi) is 8.51. The van der Waals surface area contributed by atoms with Gasteiger partial charge in [-0.3, -0.25) is 4.79 Å². The van der Waals surface area contributed by atoms with Gasteiger partial charge in [0.2, 0.25) is 5.91 Å². The normalized spacial score (nSPS) is 22.4. The summed E-state index contributed by atoms with van der Waals surface area (Å²) in [5.41, 5.74) is 2.13. The summed E-state index contributed by atoms with van der Waals surface area (Å²) in [4.78, 5) is 17.2. The van der Waals surface area contributed by atoms with Gasteiger partial charge in [-0.05, 0) is 87.3 Å². The van der Waals surface area contributed by atoms with Crippen molar-refractivity contribution in [2.45, 2.75) is 63.7 Å². The number of likely N-dealkylation sites (tertiary alicyclic amines) is 1. The summed E-state index contributed by atoms with van der Waals surface area (Å²) in [7, 11) is -3.18. The Labute approximate surface area is 232 Å². The highest BCUT2D eigenvalue weighted by Crippen LogP contribution is 2.35. The van der Waals surface area contributed by atoms with Crippen molar-refractivity contribution in [2.75, 3.05) is 36.8 Å². The molecule has 38 heavy (non-hydrogen) atoms. The minimum absolute atomic E-state index is 0.0875. The first kappa shape index (κ1) is 28.9. The van der Waals surface area contributed by atoms with Crippen LogP contribution in [0, 0.1) is 11.8 Å². The first-order valence-corrected chi connectivity index (χ1v) is 15.6. The number of hydrogen-bond acceptors (Lipinski definition) is 5. The largest absolute Gasteiger partial charge is 0.385 e. The number of halogens is 1. The van der Waals surface area contributed by atoms with E-state index in [0.717, 1.165) is 36.3 Å². The molecule has 2 heterocycles. The van der Waals surface area contributed by atoms with Crippen LogP contribution in [0.15, 0.2) is 48.5 Å². The number of anilines is 1. The van der Waals surface area contributed by atoms with E-state index in [2.05, 4.69) is 24.0 Å². The van der Waals surface area contributed by atoms with E-state index in [1.54, 1.807) is 20.8 Å². The van der Waals surface area contributed by atoms with Crippen molar-refractivity contribution in [3.05, 3.63) is 64.7 Å². The molecule has 2 aliphatic heterocycles. The van der Waals surface area contributed by atoms with E-state index in [0.29, 0.717) is 37.4 Å². The second-order valence-electron chi connectivity index (χ2n) is 12.1. The van der Waals surface area contributed by atoms with Gasteiger partial charge in [0.1, 0.15) is 0 Å². The Hall–Kier alpha value is -2.09. The van der Waals surface area contributed by atoms with E-state index in [9.17, 15) is 18.3 Å². The molecule has 0 radical (unpaired) electrons. The van der Waals surface area contributed by atoms with Crippen LogP contribution in [0.4, 0.5) is 5.69 Å². The smallest absolute Gasteiger partial charge is 0.226 e. The zero-order valence-corrected chi connectivity index (χ0v) is 24.6. The molecule has 6 nitrogen and oxygen atoms in total. The highest BCUT2D eigenvalue weighted by atomic mass is 35.5. The van der Waals surface area contributed by atoms with Crippen LogP contribution >= 0.6 is 11.6 Å². The molecule has 2 aliphatic rings. The maximum atomic E-state index is 13.0. The Morgan fingerprint density at radius 3 is 2.18 bits per heavy atom. The molecule has 208 valence electrons. The summed E-state index contributed by atoms with van der Waals surface area (Å²) >= 11 is 6.00. The minimum atomic E-state index is -3.18. The number of sulfone groups is 1. The van der Waals surface area contributed by atoms with Crippen LogP contribution in [0.3, 0.4) is 0 Å². The first-order valence-electron chi connectivity index (χ1n) is 13.6. The second-order valence-corrected chi connectivity index (χ2v) is 15.4. The fourth-order valence-corrected chi connectivity index (χ4v) is 7.18. The number of carbonyl (C=O) groups excluding carboxylic acids is 1. The molecular weight excluding hydrogens is 520 g/mol. The Morgan fingerprint density at radius 2 is 1.63 bits per heavy atom. The van der Waals surface area contributed by atoms with Crippen LogP contribution in [-0.2, 0) is 26.7 Å². The Bertz CT molecular complexity index is 1210. The van der Waals surface area contributed by atoms with Crippen molar-refractivity contribution in [1.82, 2.24) is 4.90 Å². The lowest BCUT2D eigenvalue weighted by Gasteiger charge is -2.39. The average Bonchev–Trinajstić information content (AvgIpc) is 2.86. The summed E-state index contributed by atoms with van der Waals surface area (Å²) in [6, 6.07) is 15.6. The summed E-state index contributed by atoms with van der Waals surface area (Å²) in [5.74, 6) is 0.518. The molecular formula is C30H41ClN2O4S. The molecule has 2 fully saturated rings. The predicted molar refractivity (Wildman–Crippen MR) is 154 cm³/mol. The third-order valence-electron chi connectivity index (χ3n) is 8.43. The predicted octanol–water partition coefficient (Wildman–Crippen LogP) is 5.07. The van der Waals surface area contributed by atoms with Gasteiger partial charge in [-0.1, -0.05) is 42.8 Å². The van der Waals surface area contributed by atoms with Gasteiger partial charge in [-0.25, -0.2) is 8.42 Å². The van der Waals surface area contributed by atoms with Crippen LogP contribution in [0.1, 0.15) is 58.1 Å². The molecule has 2 aromatic carbocycles. The number of amides is 1. The quantitative estimate of drug-likeness (QED) is 0.534. The molecule has 0 saturated carbocycles. The van der Waals surface area contributed by atoms with Gasteiger partial charge in [0.15, 0.2) is 9.84 Å². The standard InChI is InChI=1S/C30H41ClN2O4S/c1-22-20-33(16-13-24(22)21-38(36,37)29(2,3)4)28(34)19-23-5-11-27(12-6-23)32-17-14-30(35,15-18-32)25-7-9-26(31)10-8-25/h5-12,22,24,35H,13-21H2,1-4H3. The molecule has 1 amide bonds. The molecule has 0 bridgehead atoms. The van der Waals surface area contributed by atoms with Crippen molar-refractivity contribution in [2.24, 2.45) is 11.8 Å². The molecule has 8 heteroatoms. The van der Waals surface area contributed by atoms with Crippen LogP contribution in [0.2, 0.25) is 5.02 Å². The van der Waals surface area contributed by atoms with Crippen molar-refractivity contribution in [3.8, 4) is 0 Å². The molecule has 1 N–H and O–H groups in total. The molecule has 0 aromatic heterocycles. The molecule has 4 rings (SSSR count). The van der Waals surface area contributed by atoms with E-state index in [-0.39, 0.29) is 23.5 Å². The number of nitrogens with zero attached hydrogens (tertiary/aromatic N) is 2. The number of carbonyl (C=O) groups is 1.